The van der Waals surface area contributed by atoms with Crippen LogP contribution in [0.25, 0.3) is 5.76 Å². The predicted molar refractivity (Wildman–Crippen MR) is 111 cm³/mol. The van der Waals surface area contributed by atoms with Crippen LogP contribution in [0.2, 0.25) is 0 Å². The third-order valence-electron chi connectivity index (χ3n) is 5.34. The number of halogens is 1. The first kappa shape index (κ1) is 20.9. The van der Waals surface area contributed by atoms with Crippen LogP contribution < -0.4 is 9.47 Å². The van der Waals surface area contributed by atoms with E-state index in [4.69, 9.17) is 9.47 Å². The highest BCUT2D eigenvalue weighted by atomic mass is 19.1. The molecule has 0 spiro atoms. The van der Waals surface area contributed by atoms with Crippen molar-refractivity contribution in [3.63, 3.8) is 0 Å². The molecule has 1 fully saturated rings. The number of carbonyl (C=O) groups excluding carboxylic acids is 2. The van der Waals surface area contributed by atoms with Crippen molar-refractivity contribution in [2.24, 2.45) is 0 Å². The summed E-state index contributed by atoms with van der Waals surface area (Å²) in [5.41, 5.74) is 0.293. The van der Waals surface area contributed by atoms with Crippen molar-refractivity contribution in [1.82, 2.24) is 9.80 Å². The molecule has 162 valence electrons. The number of rotatable bonds is 5. The Kier molecular flexibility index (Phi) is 5.65. The van der Waals surface area contributed by atoms with Crippen molar-refractivity contribution in [1.29, 1.82) is 0 Å². The maximum absolute atomic E-state index is 14.7. The lowest BCUT2D eigenvalue weighted by atomic mass is 9.94. The summed E-state index contributed by atoms with van der Waals surface area (Å²) in [5.74, 6) is -1.60. The molecule has 0 bridgehead atoms. The smallest absolute Gasteiger partial charge is 0.295 e. The molecule has 2 aromatic rings. The van der Waals surface area contributed by atoms with Crippen LogP contribution >= 0.6 is 0 Å². The summed E-state index contributed by atoms with van der Waals surface area (Å²) in [5, 5.41) is 11.1. The van der Waals surface area contributed by atoms with Crippen molar-refractivity contribution in [2.45, 2.75) is 6.04 Å². The summed E-state index contributed by atoms with van der Waals surface area (Å²) in [6.07, 6.45) is 0. The Balaban J connectivity index is 1.84. The molecule has 1 amide bonds. The van der Waals surface area contributed by atoms with Gasteiger partial charge in [0.25, 0.3) is 11.7 Å². The zero-order chi connectivity index (χ0) is 22.1. The van der Waals surface area contributed by atoms with Gasteiger partial charge in [0.15, 0.2) is 11.5 Å². The Morgan fingerprint density at radius 3 is 2.55 bits per heavy atom. The molecule has 1 atom stereocenters. The second-order valence-corrected chi connectivity index (χ2v) is 7.68. The van der Waals surface area contributed by atoms with Crippen molar-refractivity contribution >= 4 is 17.4 Å². The Hall–Kier alpha value is -3.39. The van der Waals surface area contributed by atoms with E-state index < -0.39 is 23.5 Å². The number of nitrogens with zero attached hydrogens (tertiary/aromatic N) is 2. The number of ether oxygens (including phenoxy) is 2. The van der Waals surface area contributed by atoms with Gasteiger partial charge in [-0.3, -0.25) is 9.59 Å². The Bertz CT molecular complexity index is 1070. The molecule has 0 unspecified atom stereocenters. The highest BCUT2D eigenvalue weighted by Gasteiger charge is 2.46. The van der Waals surface area contributed by atoms with E-state index in [9.17, 15) is 19.1 Å². The zero-order valence-electron chi connectivity index (χ0n) is 17.3. The number of aliphatic hydroxyl groups is 1. The van der Waals surface area contributed by atoms with Gasteiger partial charge in [0.1, 0.15) is 24.8 Å². The molecular weight excluding hydrogens is 403 g/mol. The number of carbonyl (C=O) groups is 2. The number of Topliss-reactive ketones (excluding diaryl/α,β-unsaturated/α-hetero) is 1. The van der Waals surface area contributed by atoms with Gasteiger partial charge in [-0.15, -0.1) is 0 Å². The predicted octanol–water partition coefficient (Wildman–Crippen LogP) is 2.58. The number of hydrogen-bond donors (Lipinski definition) is 1. The van der Waals surface area contributed by atoms with Crippen LogP contribution in [0.3, 0.4) is 0 Å². The van der Waals surface area contributed by atoms with Gasteiger partial charge in [0, 0.05) is 24.2 Å². The fourth-order valence-electron chi connectivity index (χ4n) is 3.78. The molecule has 1 N–H and O–H groups in total. The topological polar surface area (TPSA) is 79.3 Å². The lowest BCUT2D eigenvalue weighted by molar-refractivity contribution is -0.140. The van der Waals surface area contributed by atoms with Crippen molar-refractivity contribution in [2.75, 3.05) is 40.4 Å². The molecule has 8 heteroatoms. The van der Waals surface area contributed by atoms with E-state index in [2.05, 4.69) is 0 Å². The van der Waals surface area contributed by atoms with E-state index >= 15 is 0 Å². The lowest BCUT2D eigenvalue weighted by Crippen LogP contribution is -2.35. The molecule has 2 heterocycles. The summed E-state index contributed by atoms with van der Waals surface area (Å²) < 4.78 is 25.8. The van der Waals surface area contributed by atoms with E-state index in [0.717, 1.165) is 0 Å². The third-order valence-corrected chi connectivity index (χ3v) is 5.34. The van der Waals surface area contributed by atoms with Crippen LogP contribution in [0.4, 0.5) is 4.39 Å². The van der Waals surface area contributed by atoms with Crippen molar-refractivity contribution in [3.05, 3.63) is 65.0 Å². The standard InChI is InChI=1S/C23H23FN2O5/c1-25(2)9-10-26-20(15-5-3-4-6-16(15)24)19(22(28)23(26)29)21(27)14-7-8-17-18(13-14)31-12-11-30-17/h3-8,13,20,27H,9-12H2,1-2H3/b21-19+/t20-/m1/s1. The van der Waals surface area contributed by atoms with Crippen LogP contribution in [0.5, 0.6) is 11.5 Å². The first-order valence-electron chi connectivity index (χ1n) is 9.96. The molecule has 0 radical (unpaired) electrons. The van der Waals surface area contributed by atoms with E-state index in [1.165, 1.54) is 23.1 Å². The number of fused-ring (bicyclic) bond motifs is 1. The van der Waals surface area contributed by atoms with Gasteiger partial charge in [0.2, 0.25) is 0 Å². The van der Waals surface area contributed by atoms with Crippen LogP contribution in [-0.2, 0) is 9.59 Å². The van der Waals surface area contributed by atoms with E-state index in [1.54, 1.807) is 24.3 Å². The molecule has 4 rings (SSSR count). The normalized spacial score (nSPS) is 19.9. The molecule has 31 heavy (non-hydrogen) atoms. The minimum Gasteiger partial charge on any atom is -0.507 e. The minimum absolute atomic E-state index is 0.148. The Morgan fingerprint density at radius 2 is 1.84 bits per heavy atom. The first-order valence-corrected chi connectivity index (χ1v) is 9.96. The van der Waals surface area contributed by atoms with E-state index in [0.29, 0.717) is 31.3 Å². The number of likely N-dealkylation sites (N-methyl/N-ethyl adjacent to an activating group) is 1. The molecule has 2 aliphatic heterocycles. The SMILES string of the molecule is CN(C)CCN1C(=O)C(=O)/C(=C(/O)c2ccc3c(c2)OCCO3)[C@H]1c1ccccc1F. The van der Waals surface area contributed by atoms with Gasteiger partial charge in [-0.25, -0.2) is 4.39 Å². The molecule has 2 aromatic carbocycles. The number of aliphatic hydroxyl groups excluding tert-OH is 1. The van der Waals surface area contributed by atoms with Crippen molar-refractivity contribution < 1.29 is 28.6 Å². The van der Waals surface area contributed by atoms with Crippen LogP contribution in [0.1, 0.15) is 17.2 Å². The first-order chi connectivity index (χ1) is 14.9. The molecule has 0 aliphatic carbocycles. The largest absolute Gasteiger partial charge is 0.507 e. The highest BCUT2D eigenvalue weighted by Crippen LogP contribution is 2.41. The quantitative estimate of drug-likeness (QED) is 0.450. The van der Waals surface area contributed by atoms with Crippen molar-refractivity contribution in [3.8, 4) is 11.5 Å². The average molecular weight is 426 g/mol. The molecule has 1 saturated heterocycles. The summed E-state index contributed by atoms with van der Waals surface area (Å²) >= 11 is 0. The number of ketones is 1. The summed E-state index contributed by atoms with van der Waals surface area (Å²) in [6.45, 7) is 1.46. The number of amides is 1. The van der Waals surface area contributed by atoms with E-state index in [1.807, 2.05) is 19.0 Å². The number of hydrogen-bond acceptors (Lipinski definition) is 6. The molecule has 2 aliphatic rings. The molecule has 7 nitrogen and oxygen atoms in total. The maximum Gasteiger partial charge on any atom is 0.295 e. The number of likely N-dealkylation sites (tertiary alicyclic amines) is 1. The fourth-order valence-corrected chi connectivity index (χ4v) is 3.78. The summed E-state index contributed by atoms with van der Waals surface area (Å²) in [6, 6.07) is 9.68. The average Bonchev–Trinajstić information content (AvgIpc) is 3.01. The van der Waals surface area contributed by atoms with Gasteiger partial charge in [-0.2, -0.15) is 0 Å². The second-order valence-electron chi connectivity index (χ2n) is 7.68. The van der Waals surface area contributed by atoms with Gasteiger partial charge in [-0.1, -0.05) is 18.2 Å². The minimum atomic E-state index is -1.03. The van der Waals surface area contributed by atoms with Gasteiger partial charge in [0.05, 0.1) is 11.6 Å². The van der Waals surface area contributed by atoms with Gasteiger partial charge >= 0.3 is 0 Å². The lowest BCUT2D eigenvalue weighted by Gasteiger charge is -2.27. The zero-order valence-corrected chi connectivity index (χ0v) is 17.3. The van der Waals surface area contributed by atoms with Crippen LogP contribution in [0, 0.1) is 5.82 Å². The Labute approximate surface area is 179 Å². The fraction of sp³-hybridized carbons (Fsp3) is 0.304. The van der Waals surface area contributed by atoms with Gasteiger partial charge < -0.3 is 24.4 Å². The molecular formula is C23H23FN2O5. The maximum atomic E-state index is 14.7. The Morgan fingerprint density at radius 1 is 1.13 bits per heavy atom. The second kappa shape index (κ2) is 8.39. The molecule has 0 aromatic heterocycles. The molecule has 0 saturated carbocycles. The van der Waals surface area contributed by atoms with Crippen LogP contribution in [0.15, 0.2) is 48.0 Å². The summed E-state index contributed by atoms with van der Waals surface area (Å²) in [4.78, 5) is 29.0. The number of benzene rings is 2. The monoisotopic (exact) mass is 426 g/mol. The van der Waals surface area contributed by atoms with Gasteiger partial charge in [-0.05, 0) is 38.4 Å². The van der Waals surface area contributed by atoms with E-state index in [-0.39, 0.29) is 29.0 Å². The highest BCUT2D eigenvalue weighted by molar-refractivity contribution is 6.46. The van der Waals surface area contributed by atoms with Crippen LogP contribution in [-0.4, -0.2) is 67.0 Å². The third kappa shape index (κ3) is 3.86. The summed E-state index contributed by atoms with van der Waals surface area (Å²) in [7, 11) is 3.67.